The summed E-state index contributed by atoms with van der Waals surface area (Å²) < 4.78 is 19.2. The predicted molar refractivity (Wildman–Crippen MR) is 71.8 cm³/mol. The number of halogens is 1. The van der Waals surface area contributed by atoms with Gasteiger partial charge in [0.15, 0.2) is 0 Å². The summed E-state index contributed by atoms with van der Waals surface area (Å²) in [6, 6.07) is 4.76. The van der Waals surface area contributed by atoms with Crippen LogP contribution in [0.15, 0.2) is 18.2 Å². The quantitative estimate of drug-likeness (QED) is 0.889. The van der Waals surface area contributed by atoms with Crippen molar-refractivity contribution in [2.24, 2.45) is 5.92 Å². The lowest BCUT2D eigenvalue weighted by atomic mass is 10.2. The minimum absolute atomic E-state index is 0.208. The molecule has 1 saturated heterocycles. The largest absolute Gasteiger partial charge is 0.491 e. The standard InChI is InChI=1S/C14H21FN2O/c1-11(2)10-18-14-4-3-12(15)9-13(14)17-7-5-16-6-8-17/h3-4,9,11,16H,5-8,10H2,1-2H3. The molecule has 3 nitrogen and oxygen atoms in total. The van der Waals surface area contributed by atoms with Crippen molar-refractivity contribution < 1.29 is 9.13 Å². The summed E-state index contributed by atoms with van der Waals surface area (Å²) in [5.74, 6) is 1.04. The Bertz CT molecular complexity index is 389. The van der Waals surface area contributed by atoms with Crippen molar-refractivity contribution in [3.05, 3.63) is 24.0 Å². The second-order valence-electron chi connectivity index (χ2n) is 5.05. The first kappa shape index (κ1) is 13.1. The average Bonchev–Trinajstić information content (AvgIpc) is 2.38. The normalized spacial score (nSPS) is 16.1. The molecular weight excluding hydrogens is 231 g/mol. The van der Waals surface area contributed by atoms with E-state index in [4.69, 9.17) is 4.74 Å². The van der Waals surface area contributed by atoms with Crippen molar-refractivity contribution in [2.45, 2.75) is 13.8 Å². The van der Waals surface area contributed by atoms with Crippen LogP contribution in [-0.2, 0) is 0 Å². The number of piperazine rings is 1. The lowest BCUT2D eigenvalue weighted by molar-refractivity contribution is 0.271. The molecule has 1 aromatic carbocycles. The zero-order chi connectivity index (χ0) is 13.0. The van der Waals surface area contributed by atoms with E-state index < -0.39 is 0 Å². The summed E-state index contributed by atoms with van der Waals surface area (Å²) in [5.41, 5.74) is 0.872. The summed E-state index contributed by atoms with van der Waals surface area (Å²) in [6.07, 6.45) is 0. The molecule has 4 heteroatoms. The topological polar surface area (TPSA) is 24.5 Å². The smallest absolute Gasteiger partial charge is 0.142 e. The molecule has 0 aromatic heterocycles. The van der Waals surface area contributed by atoms with Crippen molar-refractivity contribution in [2.75, 3.05) is 37.7 Å². The molecule has 0 amide bonds. The van der Waals surface area contributed by atoms with Crippen LogP contribution >= 0.6 is 0 Å². The Kier molecular flexibility index (Phi) is 4.42. The van der Waals surface area contributed by atoms with Gasteiger partial charge in [-0.15, -0.1) is 0 Å². The molecule has 0 bridgehead atoms. The molecule has 0 radical (unpaired) electrons. The van der Waals surface area contributed by atoms with Gasteiger partial charge < -0.3 is 15.0 Å². The van der Waals surface area contributed by atoms with E-state index in [1.165, 1.54) is 6.07 Å². The third-order valence-corrected chi connectivity index (χ3v) is 2.95. The van der Waals surface area contributed by atoms with Gasteiger partial charge in [0, 0.05) is 32.2 Å². The van der Waals surface area contributed by atoms with Crippen molar-refractivity contribution in [3.8, 4) is 5.75 Å². The van der Waals surface area contributed by atoms with E-state index in [1.54, 1.807) is 12.1 Å². The molecule has 2 rings (SSSR count). The van der Waals surface area contributed by atoms with Gasteiger partial charge in [-0.1, -0.05) is 13.8 Å². The van der Waals surface area contributed by atoms with Crippen molar-refractivity contribution in [3.63, 3.8) is 0 Å². The zero-order valence-electron chi connectivity index (χ0n) is 11.1. The molecule has 1 heterocycles. The van der Waals surface area contributed by atoms with Gasteiger partial charge in [-0.3, -0.25) is 0 Å². The molecule has 1 N–H and O–H groups in total. The average molecular weight is 252 g/mol. The van der Waals surface area contributed by atoms with Gasteiger partial charge in [-0.05, 0) is 18.1 Å². The van der Waals surface area contributed by atoms with Crippen LogP contribution in [0.2, 0.25) is 0 Å². The number of hydrogen-bond donors (Lipinski definition) is 1. The van der Waals surface area contributed by atoms with Crippen LogP contribution in [0.1, 0.15) is 13.8 Å². The summed E-state index contributed by atoms with van der Waals surface area (Å²) >= 11 is 0. The highest BCUT2D eigenvalue weighted by molar-refractivity contribution is 5.59. The molecule has 0 aliphatic carbocycles. The van der Waals surface area contributed by atoms with Crippen LogP contribution in [0, 0.1) is 11.7 Å². The van der Waals surface area contributed by atoms with E-state index in [9.17, 15) is 4.39 Å². The van der Waals surface area contributed by atoms with E-state index in [0.717, 1.165) is 37.6 Å². The Morgan fingerprint density at radius 2 is 2.06 bits per heavy atom. The molecular formula is C14H21FN2O. The van der Waals surface area contributed by atoms with Gasteiger partial charge in [0.1, 0.15) is 11.6 Å². The van der Waals surface area contributed by atoms with Crippen LogP contribution in [0.25, 0.3) is 0 Å². The second kappa shape index (κ2) is 6.05. The van der Waals surface area contributed by atoms with E-state index >= 15 is 0 Å². The summed E-state index contributed by atoms with van der Waals surface area (Å²) in [6.45, 7) is 8.51. The SMILES string of the molecule is CC(C)COc1ccc(F)cc1N1CCNCC1. The van der Waals surface area contributed by atoms with Gasteiger partial charge in [0.2, 0.25) is 0 Å². The first-order valence-corrected chi connectivity index (χ1v) is 6.55. The van der Waals surface area contributed by atoms with Gasteiger partial charge in [-0.2, -0.15) is 0 Å². The Hall–Kier alpha value is -1.29. The maximum atomic E-state index is 13.4. The number of nitrogens with zero attached hydrogens (tertiary/aromatic N) is 1. The Balaban J connectivity index is 2.16. The fourth-order valence-corrected chi connectivity index (χ4v) is 2.02. The van der Waals surface area contributed by atoms with E-state index in [1.807, 2.05) is 0 Å². The molecule has 0 atom stereocenters. The number of nitrogens with one attached hydrogen (secondary N) is 1. The minimum Gasteiger partial charge on any atom is -0.491 e. The zero-order valence-corrected chi connectivity index (χ0v) is 11.1. The lowest BCUT2D eigenvalue weighted by Gasteiger charge is -2.31. The molecule has 1 fully saturated rings. The Morgan fingerprint density at radius 1 is 1.33 bits per heavy atom. The van der Waals surface area contributed by atoms with Gasteiger partial charge in [-0.25, -0.2) is 4.39 Å². The molecule has 100 valence electrons. The highest BCUT2D eigenvalue weighted by Crippen LogP contribution is 2.29. The van der Waals surface area contributed by atoms with Gasteiger partial charge >= 0.3 is 0 Å². The van der Waals surface area contributed by atoms with Crippen LogP contribution < -0.4 is 15.0 Å². The molecule has 1 aliphatic rings. The molecule has 0 unspecified atom stereocenters. The Labute approximate surface area is 108 Å². The third-order valence-electron chi connectivity index (χ3n) is 2.95. The highest BCUT2D eigenvalue weighted by Gasteiger charge is 2.16. The molecule has 0 saturated carbocycles. The lowest BCUT2D eigenvalue weighted by Crippen LogP contribution is -2.43. The number of benzene rings is 1. The van der Waals surface area contributed by atoms with Crippen LogP contribution in [-0.4, -0.2) is 32.8 Å². The van der Waals surface area contributed by atoms with Gasteiger partial charge in [0.05, 0.1) is 12.3 Å². The number of rotatable bonds is 4. The number of hydrogen-bond acceptors (Lipinski definition) is 3. The van der Waals surface area contributed by atoms with Crippen LogP contribution in [0.5, 0.6) is 5.75 Å². The second-order valence-corrected chi connectivity index (χ2v) is 5.05. The minimum atomic E-state index is -0.208. The highest BCUT2D eigenvalue weighted by atomic mass is 19.1. The number of ether oxygens (including phenoxy) is 1. The monoisotopic (exact) mass is 252 g/mol. The first-order valence-electron chi connectivity index (χ1n) is 6.55. The fourth-order valence-electron chi connectivity index (χ4n) is 2.02. The summed E-state index contributed by atoms with van der Waals surface area (Å²) in [5, 5.41) is 3.29. The third kappa shape index (κ3) is 3.35. The summed E-state index contributed by atoms with van der Waals surface area (Å²) in [4.78, 5) is 2.18. The van der Waals surface area contributed by atoms with Crippen LogP contribution in [0.4, 0.5) is 10.1 Å². The molecule has 0 spiro atoms. The van der Waals surface area contributed by atoms with E-state index in [-0.39, 0.29) is 5.82 Å². The predicted octanol–water partition coefficient (Wildman–Crippen LogP) is 2.27. The van der Waals surface area contributed by atoms with Crippen molar-refractivity contribution in [1.29, 1.82) is 0 Å². The molecule has 1 aliphatic heterocycles. The molecule has 18 heavy (non-hydrogen) atoms. The number of anilines is 1. The van der Waals surface area contributed by atoms with Gasteiger partial charge in [0.25, 0.3) is 0 Å². The Morgan fingerprint density at radius 3 is 2.72 bits per heavy atom. The maximum Gasteiger partial charge on any atom is 0.142 e. The first-order chi connectivity index (χ1) is 8.66. The molecule has 1 aromatic rings. The van der Waals surface area contributed by atoms with Crippen molar-refractivity contribution >= 4 is 5.69 Å². The van der Waals surface area contributed by atoms with Crippen LogP contribution in [0.3, 0.4) is 0 Å². The van der Waals surface area contributed by atoms with E-state index in [2.05, 4.69) is 24.1 Å². The summed E-state index contributed by atoms with van der Waals surface area (Å²) in [7, 11) is 0. The van der Waals surface area contributed by atoms with E-state index in [0.29, 0.717) is 12.5 Å². The fraction of sp³-hybridized carbons (Fsp3) is 0.571. The van der Waals surface area contributed by atoms with Crippen molar-refractivity contribution in [1.82, 2.24) is 5.32 Å². The maximum absolute atomic E-state index is 13.4.